The van der Waals surface area contributed by atoms with E-state index in [1.54, 1.807) is 19.9 Å². The van der Waals surface area contributed by atoms with Crippen LogP contribution < -0.4 is 11.1 Å². The molecule has 1 aromatic rings. The first-order chi connectivity index (χ1) is 7.35. The lowest BCUT2D eigenvalue weighted by Crippen LogP contribution is -2.49. The van der Waals surface area contributed by atoms with E-state index in [9.17, 15) is 9.18 Å². The van der Waals surface area contributed by atoms with Crippen molar-refractivity contribution in [2.24, 2.45) is 5.73 Å². The molecule has 0 spiro atoms. The maximum atomic E-state index is 13.4. The summed E-state index contributed by atoms with van der Waals surface area (Å²) < 4.78 is 13.4. The highest BCUT2D eigenvalue weighted by Crippen LogP contribution is 2.11. The van der Waals surface area contributed by atoms with E-state index >= 15 is 0 Å². The highest BCUT2D eigenvalue weighted by atomic mass is 19.1. The van der Waals surface area contributed by atoms with Crippen molar-refractivity contribution in [2.45, 2.75) is 26.3 Å². The van der Waals surface area contributed by atoms with E-state index in [2.05, 4.69) is 5.32 Å². The average molecular weight is 224 g/mol. The predicted octanol–water partition coefficient (Wildman–Crippen LogP) is 1.60. The zero-order chi connectivity index (χ0) is 12.3. The average Bonchev–Trinajstić information content (AvgIpc) is 2.21. The molecule has 0 aliphatic carbocycles. The minimum absolute atomic E-state index is 0.0570. The molecule has 3 nitrogen and oxygen atoms in total. The first-order valence-electron chi connectivity index (χ1n) is 5.14. The standard InChI is InChI=1S/C12H17FN2O/c1-8-4-5-10(13)9(6-8)11(16)15-12(2,3)7-14/h4-6H,7,14H2,1-3H3,(H,15,16). The summed E-state index contributed by atoms with van der Waals surface area (Å²) in [4.78, 5) is 11.8. The molecule has 3 N–H and O–H groups in total. The van der Waals surface area contributed by atoms with Crippen molar-refractivity contribution in [1.29, 1.82) is 0 Å². The molecule has 0 radical (unpaired) electrons. The second-order valence-corrected chi connectivity index (χ2v) is 4.53. The Kier molecular flexibility index (Phi) is 3.65. The molecule has 1 amide bonds. The van der Waals surface area contributed by atoms with Gasteiger partial charge in [-0.2, -0.15) is 0 Å². The molecule has 0 saturated heterocycles. The van der Waals surface area contributed by atoms with Crippen LogP contribution >= 0.6 is 0 Å². The van der Waals surface area contributed by atoms with Gasteiger partial charge in [0.25, 0.3) is 5.91 Å². The molecule has 1 aromatic carbocycles. The highest BCUT2D eigenvalue weighted by molar-refractivity contribution is 5.95. The SMILES string of the molecule is Cc1ccc(F)c(C(=O)NC(C)(C)CN)c1. The van der Waals surface area contributed by atoms with Crippen molar-refractivity contribution in [1.82, 2.24) is 5.32 Å². The number of carbonyl (C=O) groups is 1. The number of halogens is 1. The van der Waals surface area contributed by atoms with Crippen molar-refractivity contribution >= 4 is 5.91 Å². The number of carbonyl (C=O) groups excluding carboxylic acids is 1. The Balaban J connectivity index is 2.93. The summed E-state index contributed by atoms with van der Waals surface area (Å²) in [6, 6.07) is 4.44. The number of benzene rings is 1. The Labute approximate surface area is 94.8 Å². The Morgan fingerprint density at radius 3 is 2.69 bits per heavy atom. The van der Waals surface area contributed by atoms with Crippen molar-refractivity contribution in [3.8, 4) is 0 Å². The van der Waals surface area contributed by atoms with Gasteiger partial charge < -0.3 is 11.1 Å². The number of rotatable bonds is 3. The molecular weight excluding hydrogens is 207 g/mol. The molecule has 0 bridgehead atoms. The third-order valence-corrected chi connectivity index (χ3v) is 2.33. The molecule has 4 heteroatoms. The number of aryl methyl sites for hydroxylation is 1. The number of hydrogen-bond donors (Lipinski definition) is 2. The minimum Gasteiger partial charge on any atom is -0.346 e. The molecule has 0 heterocycles. The summed E-state index contributed by atoms with van der Waals surface area (Å²) in [5, 5.41) is 2.69. The third kappa shape index (κ3) is 3.03. The van der Waals surface area contributed by atoms with Crippen LogP contribution in [0.5, 0.6) is 0 Å². The Morgan fingerprint density at radius 2 is 2.12 bits per heavy atom. The Bertz CT molecular complexity index is 402. The van der Waals surface area contributed by atoms with Crippen molar-refractivity contribution < 1.29 is 9.18 Å². The zero-order valence-electron chi connectivity index (χ0n) is 9.80. The number of nitrogens with two attached hydrogens (primary N) is 1. The molecule has 0 saturated carbocycles. The van der Waals surface area contributed by atoms with Gasteiger partial charge in [-0.25, -0.2) is 4.39 Å². The van der Waals surface area contributed by atoms with Crippen LogP contribution in [-0.2, 0) is 0 Å². The van der Waals surface area contributed by atoms with Gasteiger partial charge in [0.2, 0.25) is 0 Å². The van der Waals surface area contributed by atoms with Gasteiger partial charge in [-0.3, -0.25) is 4.79 Å². The van der Waals surface area contributed by atoms with E-state index < -0.39 is 17.3 Å². The largest absolute Gasteiger partial charge is 0.346 e. The second-order valence-electron chi connectivity index (χ2n) is 4.53. The molecule has 1 rings (SSSR count). The lowest BCUT2D eigenvalue weighted by Gasteiger charge is -2.24. The zero-order valence-corrected chi connectivity index (χ0v) is 9.80. The maximum Gasteiger partial charge on any atom is 0.254 e. The summed E-state index contributed by atoms with van der Waals surface area (Å²) in [6.45, 7) is 5.69. The molecule has 0 aliphatic rings. The summed E-state index contributed by atoms with van der Waals surface area (Å²) in [5.74, 6) is -0.951. The van der Waals surface area contributed by atoms with Gasteiger partial charge in [-0.15, -0.1) is 0 Å². The van der Waals surface area contributed by atoms with Gasteiger partial charge in [-0.05, 0) is 32.9 Å². The van der Waals surface area contributed by atoms with E-state index in [-0.39, 0.29) is 5.56 Å². The van der Waals surface area contributed by atoms with Gasteiger partial charge in [-0.1, -0.05) is 11.6 Å². The van der Waals surface area contributed by atoms with E-state index in [1.807, 2.05) is 6.92 Å². The molecular formula is C12H17FN2O. The topological polar surface area (TPSA) is 55.1 Å². The monoisotopic (exact) mass is 224 g/mol. The summed E-state index contributed by atoms with van der Waals surface area (Å²) in [6.07, 6.45) is 0. The van der Waals surface area contributed by atoms with E-state index in [1.165, 1.54) is 12.1 Å². The van der Waals surface area contributed by atoms with Crippen LogP contribution in [0.3, 0.4) is 0 Å². The minimum atomic E-state index is -0.534. The van der Waals surface area contributed by atoms with Gasteiger partial charge in [0, 0.05) is 12.1 Å². The third-order valence-electron chi connectivity index (χ3n) is 2.33. The smallest absolute Gasteiger partial charge is 0.254 e. The molecule has 88 valence electrons. The van der Waals surface area contributed by atoms with Crippen molar-refractivity contribution in [3.63, 3.8) is 0 Å². The quantitative estimate of drug-likeness (QED) is 0.819. The Hall–Kier alpha value is -1.42. The molecule has 16 heavy (non-hydrogen) atoms. The summed E-state index contributed by atoms with van der Waals surface area (Å²) in [7, 11) is 0. The fourth-order valence-electron chi connectivity index (χ4n) is 1.24. The van der Waals surface area contributed by atoms with E-state index in [0.717, 1.165) is 5.56 Å². The lowest BCUT2D eigenvalue weighted by atomic mass is 10.0. The maximum absolute atomic E-state index is 13.4. The first-order valence-corrected chi connectivity index (χ1v) is 5.14. The van der Waals surface area contributed by atoms with Crippen LogP contribution in [0, 0.1) is 12.7 Å². The normalized spacial score (nSPS) is 11.3. The van der Waals surface area contributed by atoms with E-state index in [0.29, 0.717) is 6.54 Å². The van der Waals surface area contributed by atoms with Crippen molar-refractivity contribution in [2.75, 3.05) is 6.54 Å². The fraction of sp³-hybridized carbons (Fsp3) is 0.417. The Morgan fingerprint density at radius 1 is 1.50 bits per heavy atom. The van der Waals surface area contributed by atoms with Gasteiger partial charge in [0.15, 0.2) is 0 Å². The van der Waals surface area contributed by atoms with Gasteiger partial charge in [0.05, 0.1) is 5.56 Å². The summed E-state index contributed by atoms with van der Waals surface area (Å²) in [5.41, 5.74) is 5.86. The van der Waals surface area contributed by atoms with Crippen LogP contribution in [0.1, 0.15) is 29.8 Å². The van der Waals surface area contributed by atoms with Gasteiger partial charge in [0.1, 0.15) is 5.82 Å². The second kappa shape index (κ2) is 4.61. The van der Waals surface area contributed by atoms with Crippen molar-refractivity contribution in [3.05, 3.63) is 35.1 Å². The van der Waals surface area contributed by atoms with Crippen LogP contribution in [0.4, 0.5) is 4.39 Å². The number of nitrogens with one attached hydrogen (secondary N) is 1. The fourth-order valence-corrected chi connectivity index (χ4v) is 1.24. The first kappa shape index (κ1) is 12.6. The van der Waals surface area contributed by atoms with Crippen LogP contribution in [0.2, 0.25) is 0 Å². The number of amides is 1. The van der Waals surface area contributed by atoms with Crippen LogP contribution in [-0.4, -0.2) is 18.0 Å². The predicted molar refractivity (Wildman–Crippen MR) is 61.7 cm³/mol. The van der Waals surface area contributed by atoms with Gasteiger partial charge >= 0.3 is 0 Å². The lowest BCUT2D eigenvalue weighted by molar-refractivity contribution is 0.0911. The number of hydrogen-bond acceptors (Lipinski definition) is 2. The van der Waals surface area contributed by atoms with Crippen LogP contribution in [0.15, 0.2) is 18.2 Å². The van der Waals surface area contributed by atoms with Crippen LogP contribution in [0.25, 0.3) is 0 Å². The summed E-state index contributed by atoms with van der Waals surface area (Å²) >= 11 is 0. The molecule has 0 fully saturated rings. The molecule has 0 atom stereocenters. The highest BCUT2D eigenvalue weighted by Gasteiger charge is 2.21. The molecule has 0 aromatic heterocycles. The van der Waals surface area contributed by atoms with E-state index in [4.69, 9.17) is 5.73 Å². The molecule has 0 unspecified atom stereocenters. The molecule has 0 aliphatic heterocycles.